The molecule has 8 nitrogen and oxygen atoms in total. The fourth-order valence-electron chi connectivity index (χ4n) is 2.90. The number of nitrogen functional groups attached to an aromatic ring is 1. The fraction of sp³-hybridized carbons (Fsp3) is 0.467. The molecule has 1 saturated heterocycles. The van der Waals surface area contributed by atoms with Gasteiger partial charge in [-0.1, -0.05) is 11.6 Å². The first-order valence-electron chi connectivity index (χ1n) is 7.59. The molecule has 0 aromatic carbocycles. The van der Waals surface area contributed by atoms with E-state index in [9.17, 15) is 4.79 Å². The Labute approximate surface area is 144 Å². The largest absolute Gasteiger partial charge is 0.382 e. The summed E-state index contributed by atoms with van der Waals surface area (Å²) in [5.74, 6) is 0.723. The lowest BCUT2D eigenvalue weighted by Crippen LogP contribution is -2.39. The number of aryl methyl sites for hydroxylation is 1. The topological polar surface area (TPSA) is 99.2 Å². The number of carbonyl (C=O) groups is 1. The second-order valence-corrected chi connectivity index (χ2v) is 6.19. The maximum absolute atomic E-state index is 12.9. The predicted molar refractivity (Wildman–Crippen MR) is 88.7 cm³/mol. The first-order chi connectivity index (χ1) is 11.5. The molecule has 0 aliphatic carbocycles. The van der Waals surface area contributed by atoms with E-state index in [1.54, 1.807) is 35.9 Å². The van der Waals surface area contributed by atoms with Crippen molar-refractivity contribution < 1.29 is 9.53 Å². The number of ether oxygens (including phenoxy) is 1. The number of methoxy groups -OCH3 is 1. The van der Waals surface area contributed by atoms with Crippen LogP contribution in [0.2, 0.25) is 5.02 Å². The van der Waals surface area contributed by atoms with E-state index in [-0.39, 0.29) is 28.8 Å². The highest BCUT2D eigenvalue weighted by Crippen LogP contribution is 2.25. The van der Waals surface area contributed by atoms with Gasteiger partial charge in [-0.3, -0.25) is 9.48 Å². The zero-order valence-electron chi connectivity index (χ0n) is 13.5. The van der Waals surface area contributed by atoms with Crippen LogP contribution in [-0.2, 0) is 11.3 Å². The van der Waals surface area contributed by atoms with Gasteiger partial charge in [0.05, 0.1) is 29.9 Å². The lowest BCUT2D eigenvalue weighted by Gasteiger charge is -2.24. The van der Waals surface area contributed by atoms with Crippen LogP contribution < -0.4 is 5.73 Å². The number of likely N-dealkylation sites (tertiary alicyclic amines) is 1. The molecule has 3 rings (SSSR count). The van der Waals surface area contributed by atoms with Crippen LogP contribution in [0.4, 0.5) is 5.82 Å². The number of aromatic nitrogens is 4. The van der Waals surface area contributed by atoms with Crippen LogP contribution in [0, 0.1) is 6.92 Å². The van der Waals surface area contributed by atoms with Crippen LogP contribution in [0.25, 0.3) is 0 Å². The Kier molecular flexibility index (Phi) is 4.68. The molecule has 2 aromatic heterocycles. The second kappa shape index (κ2) is 6.74. The van der Waals surface area contributed by atoms with Crippen molar-refractivity contribution in [3.8, 4) is 0 Å². The minimum absolute atomic E-state index is 0.0337. The fourth-order valence-corrected chi connectivity index (χ4v) is 3.07. The highest BCUT2D eigenvalue weighted by atomic mass is 35.5. The molecule has 3 heterocycles. The molecular formula is C15H19ClN6O2. The number of halogens is 1. The zero-order chi connectivity index (χ0) is 17.3. The molecule has 0 unspecified atom stereocenters. The van der Waals surface area contributed by atoms with Crippen LogP contribution in [0.15, 0.2) is 18.5 Å². The molecule has 1 amide bonds. The molecule has 2 N–H and O–H groups in total. The third-order valence-electron chi connectivity index (χ3n) is 4.10. The maximum Gasteiger partial charge on any atom is 0.274 e. The molecule has 0 radical (unpaired) electrons. The molecule has 0 saturated carbocycles. The highest BCUT2D eigenvalue weighted by Gasteiger charge is 2.37. The van der Waals surface area contributed by atoms with Crippen molar-refractivity contribution in [2.45, 2.75) is 32.0 Å². The molecule has 2 atom stereocenters. The quantitative estimate of drug-likeness (QED) is 0.887. The van der Waals surface area contributed by atoms with Crippen molar-refractivity contribution in [1.82, 2.24) is 24.6 Å². The minimum atomic E-state index is -0.227. The molecule has 9 heteroatoms. The zero-order valence-corrected chi connectivity index (χ0v) is 14.3. The number of carbonyl (C=O) groups excluding carboxylic acids is 1. The summed E-state index contributed by atoms with van der Waals surface area (Å²) in [4.78, 5) is 22.9. The van der Waals surface area contributed by atoms with Crippen LogP contribution in [0.5, 0.6) is 0 Å². The number of rotatable bonds is 4. The van der Waals surface area contributed by atoms with Gasteiger partial charge < -0.3 is 15.4 Å². The summed E-state index contributed by atoms with van der Waals surface area (Å²) in [6.07, 6.45) is 3.92. The Morgan fingerprint density at radius 2 is 2.33 bits per heavy atom. The van der Waals surface area contributed by atoms with E-state index in [0.717, 1.165) is 0 Å². The monoisotopic (exact) mass is 350 g/mol. The van der Waals surface area contributed by atoms with E-state index in [4.69, 9.17) is 22.1 Å². The summed E-state index contributed by atoms with van der Waals surface area (Å²) in [6, 6.07) is 1.65. The smallest absolute Gasteiger partial charge is 0.274 e. The van der Waals surface area contributed by atoms with Gasteiger partial charge in [0, 0.05) is 19.9 Å². The molecule has 1 aliphatic heterocycles. The van der Waals surface area contributed by atoms with Crippen LogP contribution in [0.1, 0.15) is 22.7 Å². The molecule has 128 valence electrons. The number of amides is 1. The normalized spacial score (nSPS) is 20.5. The van der Waals surface area contributed by atoms with Gasteiger partial charge in [-0.05, 0) is 19.4 Å². The van der Waals surface area contributed by atoms with Crippen molar-refractivity contribution in [2.24, 2.45) is 0 Å². The van der Waals surface area contributed by atoms with Gasteiger partial charge in [0.1, 0.15) is 11.6 Å². The second-order valence-electron chi connectivity index (χ2n) is 5.78. The van der Waals surface area contributed by atoms with E-state index in [0.29, 0.717) is 31.2 Å². The van der Waals surface area contributed by atoms with Crippen LogP contribution in [-0.4, -0.2) is 56.4 Å². The van der Waals surface area contributed by atoms with E-state index in [1.165, 1.54) is 6.20 Å². The Balaban J connectivity index is 1.85. The first kappa shape index (κ1) is 16.7. The summed E-state index contributed by atoms with van der Waals surface area (Å²) in [5, 5.41) is 4.43. The third kappa shape index (κ3) is 3.34. The van der Waals surface area contributed by atoms with Crippen molar-refractivity contribution in [3.63, 3.8) is 0 Å². The van der Waals surface area contributed by atoms with Crippen molar-refractivity contribution in [2.75, 3.05) is 19.4 Å². The standard InChI is InChI=1S/C15H19ClN6O2/c1-9-18-6-12(16)14(19-9)15(23)22-8-11(24-2)5-10(22)7-21-4-3-13(17)20-21/h3-4,6,10-11H,5,7-8H2,1-2H3,(H2,17,20)/t10-,11-/m0/s1. The number of nitrogens with zero attached hydrogens (tertiary/aromatic N) is 5. The van der Waals surface area contributed by atoms with E-state index in [1.807, 2.05) is 0 Å². The Hall–Kier alpha value is -2.19. The van der Waals surface area contributed by atoms with E-state index in [2.05, 4.69) is 15.1 Å². The van der Waals surface area contributed by atoms with Gasteiger partial charge >= 0.3 is 0 Å². The molecule has 24 heavy (non-hydrogen) atoms. The van der Waals surface area contributed by atoms with Crippen LogP contribution in [0.3, 0.4) is 0 Å². The van der Waals surface area contributed by atoms with E-state index >= 15 is 0 Å². The molecular weight excluding hydrogens is 332 g/mol. The maximum atomic E-state index is 12.9. The minimum Gasteiger partial charge on any atom is -0.382 e. The summed E-state index contributed by atoms with van der Waals surface area (Å²) < 4.78 is 7.17. The molecule has 1 aliphatic rings. The van der Waals surface area contributed by atoms with Crippen LogP contribution >= 0.6 is 11.6 Å². The van der Waals surface area contributed by atoms with Gasteiger partial charge in [-0.15, -0.1) is 0 Å². The molecule has 0 spiro atoms. The number of hydrogen-bond donors (Lipinski definition) is 1. The summed E-state index contributed by atoms with van der Waals surface area (Å²) in [5.41, 5.74) is 5.87. The summed E-state index contributed by atoms with van der Waals surface area (Å²) in [6.45, 7) is 2.74. The van der Waals surface area contributed by atoms with Crippen molar-refractivity contribution >= 4 is 23.3 Å². The Morgan fingerprint density at radius 3 is 3.00 bits per heavy atom. The predicted octanol–water partition coefficient (Wildman–Crippen LogP) is 1.15. The number of anilines is 1. The van der Waals surface area contributed by atoms with Gasteiger partial charge in [0.15, 0.2) is 5.69 Å². The molecule has 1 fully saturated rings. The Bertz CT molecular complexity index is 749. The van der Waals surface area contributed by atoms with Crippen molar-refractivity contribution in [3.05, 3.63) is 35.0 Å². The SMILES string of the molecule is CO[C@H]1C[C@@H](Cn2ccc(N)n2)N(C(=O)c2nc(C)ncc2Cl)C1. The van der Waals surface area contributed by atoms with E-state index < -0.39 is 0 Å². The number of nitrogens with two attached hydrogens (primary N) is 1. The lowest BCUT2D eigenvalue weighted by atomic mass is 10.2. The average molecular weight is 351 g/mol. The summed E-state index contributed by atoms with van der Waals surface area (Å²) in [7, 11) is 1.64. The molecule has 2 aromatic rings. The van der Waals surface area contributed by atoms with Gasteiger partial charge in [0.2, 0.25) is 0 Å². The highest BCUT2D eigenvalue weighted by molar-refractivity contribution is 6.33. The first-order valence-corrected chi connectivity index (χ1v) is 7.97. The molecule has 0 bridgehead atoms. The average Bonchev–Trinajstić information content (AvgIpc) is 3.15. The Morgan fingerprint density at radius 1 is 1.54 bits per heavy atom. The van der Waals surface area contributed by atoms with Gasteiger partial charge in [0.25, 0.3) is 5.91 Å². The van der Waals surface area contributed by atoms with Gasteiger partial charge in [-0.2, -0.15) is 5.10 Å². The van der Waals surface area contributed by atoms with Crippen molar-refractivity contribution in [1.29, 1.82) is 0 Å². The van der Waals surface area contributed by atoms with Gasteiger partial charge in [-0.25, -0.2) is 9.97 Å². The number of hydrogen-bond acceptors (Lipinski definition) is 6. The third-order valence-corrected chi connectivity index (χ3v) is 4.37. The lowest BCUT2D eigenvalue weighted by molar-refractivity contribution is 0.0673. The summed E-state index contributed by atoms with van der Waals surface area (Å²) >= 11 is 6.11.